The summed E-state index contributed by atoms with van der Waals surface area (Å²) in [5.74, 6) is 0.674. The Labute approximate surface area is 163 Å². The molecule has 1 aliphatic carbocycles. The number of aliphatic hydroxyl groups is 1. The molecule has 1 aliphatic heterocycles. The number of hydrogen-bond donors (Lipinski definition) is 2. The summed E-state index contributed by atoms with van der Waals surface area (Å²) in [7, 11) is 0. The highest BCUT2D eigenvalue weighted by Crippen LogP contribution is 2.37. The molecule has 1 heterocycles. The van der Waals surface area contributed by atoms with Crippen LogP contribution in [0.25, 0.3) is 0 Å². The van der Waals surface area contributed by atoms with Crippen LogP contribution < -0.4 is 10.1 Å². The first-order chi connectivity index (χ1) is 13.5. The van der Waals surface area contributed by atoms with Gasteiger partial charge in [0.2, 0.25) is 5.91 Å². The Kier molecular flexibility index (Phi) is 7.20. The highest BCUT2D eigenvalue weighted by Gasteiger charge is 2.42. The third-order valence-electron chi connectivity index (χ3n) is 5.58. The summed E-state index contributed by atoms with van der Waals surface area (Å²) in [5.41, 5.74) is 0.726. The SMILES string of the molecule is CCOCC(=O)N[C@H]1C[C@H]2CN(Cc3ccccc3OC(F)F)C[C@H]2C[C@@H]1O. The topological polar surface area (TPSA) is 71.0 Å². The number of likely N-dealkylation sites (tertiary alicyclic amines) is 1. The fourth-order valence-corrected chi connectivity index (χ4v) is 4.34. The van der Waals surface area contributed by atoms with Crippen molar-refractivity contribution in [3.05, 3.63) is 29.8 Å². The van der Waals surface area contributed by atoms with Crippen LogP contribution in [-0.4, -0.2) is 61.0 Å². The lowest BCUT2D eigenvalue weighted by molar-refractivity contribution is -0.127. The quantitative estimate of drug-likeness (QED) is 0.701. The van der Waals surface area contributed by atoms with Gasteiger partial charge in [-0.25, -0.2) is 0 Å². The molecule has 156 valence electrons. The first kappa shape index (κ1) is 21.0. The molecule has 28 heavy (non-hydrogen) atoms. The van der Waals surface area contributed by atoms with E-state index in [-0.39, 0.29) is 24.3 Å². The van der Waals surface area contributed by atoms with Gasteiger partial charge in [0.15, 0.2) is 0 Å². The summed E-state index contributed by atoms with van der Waals surface area (Å²) >= 11 is 0. The van der Waals surface area contributed by atoms with E-state index in [0.717, 1.165) is 18.7 Å². The molecular weight excluding hydrogens is 370 g/mol. The third kappa shape index (κ3) is 5.40. The second-order valence-electron chi connectivity index (χ2n) is 7.55. The van der Waals surface area contributed by atoms with Crippen LogP contribution in [-0.2, 0) is 16.1 Å². The van der Waals surface area contributed by atoms with Gasteiger partial charge in [0, 0.05) is 31.8 Å². The molecule has 0 aromatic heterocycles. The molecule has 0 bridgehead atoms. The fraction of sp³-hybridized carbons (Fsp3) is 0.650. The molecule has 4 atom stereocenters. The molecule has 1 amide bonds. The van der Waals surface area contributed by atoms with Crippen molar-refractivity contribution in [2.24, 2.45) is 11.8 Å². The normalized spacial score (nSPS) is 27.6. The number of aliphatic hydroxyl groups excluding tert-OH is 1. The van der Waals surface area contributed by atoms with Gasteiger partial charge in [-0.05, 0) is 37.7 Å². The number of alkyl halides is 2. The van der Waals surface area contributed by atoms with E-state index in [1.54, 1.807) is 18.2 Å². The lowest BCUT2D eigenvalue weighted by atomic mass is 9.77. The maximum atomic E-state index is 12.6. The first-order valence-corrected chi connectivity index (χ1v) is 9.76. The Morgan fingerprint density at radius 1 is 1.29 bits per heavy atom. The average Bonchev–Trinajstić information content (AvgIpc) is 3.02. The minimum atomic E-state index is -2.85. The van der Waals surface area contributed by atoms with Crippen molar-refractivity contribution in [1.82, 2.24) is 10.2 Å². The van der Waals surface area contributed by atoms with Gasteiger partial charge in [-0.15, -0.1) is 0 Å². The van der Waals surface area contributed by atoms with Crippen LogP contribution in [0.5, 0.6) is 5.75 Å². The number of fused-ring (bicyclic) bond motifs is 1. The Morgan fingerprint density at radius 3 is 2.71 bits per heavy atom. The molecule has 0 unspecified atom stereocenters. The zero-order chi connectivity index (χ0) is 20.1. The second-order valence-corrected chi connectivity index (χ2v) is 7.55. The van der Waals surface area contributed by atoms with Crippen LogP contribution in [0.2, 0.25) is 0 Å². The van der Waals surface area contributed by atoms with Gasteiger partial charge in [0.05, 0.1) is 12.1 Å². The highest BCUT2D eigenvalue weighted by atomic mass is 19.3. The van der Waals surface area contributed by atoms with E-state index < -0.39 is 12.7 Å². The summed E-state index contributed by atoms with van der Waals surface area (Å²) < 4.78 is 35.0. The van der Waals surface area contributed by atoms with Crippen LogP contribution in [0.3, 0.4) is 0 Å². The number of para-hydroxylation sites is 1. The molecule has 0 spiro atoms. The summed E-state index contributed by atoms with van der Waals surface area (Å²) in [4.78, 5) is 14.1. The van der Waals surface area contributed by atoms with Crippen molar-refractivity contribution in [1.29, 1.82) is 0 Å². The van der Waals surface area contributed by atoms with Crippen LogP contribution in [0.1, 0.15) is 25.3 Å². The zero-order valence-electron chi connectivity index (χ0n) is 16.0. The Morgan fingerprint density at radius 2 is 2.00 bits per heavy atom. The minimum absolute atomic E-state index is 0.000854. The van der Waals surface area contributed by atoms with Crippen LogP contribution >= 0.6 is 0 Å². The number of nitrogens with zero attached hydrogens (tertiary/aromatic N) is 1. The summed E-state index contributed by atoms with van der Waals surface area (Å²) in [5, 5.41) is 13.3. The molecule has 1 aromatic carbocycles. The number of nitrogens with one attached hydrogen (secondary N) is 1. The van der Waals surface area contributed by atoms with Gasteiger partial charge in [-0.1, -0.05) is 18.2 Å². The number of amides is 1. The van der Waals surface area contributed by atoms with Gasteiger partial charge in [0.25, 0.3) is 0 Å². The highest BCUT2D eigenvalue weighted by molar-refractivity contribution is 5.77. The van der Waals surface area contributed by atoms with Gasteiger partial charge in [0.1, 0.15) is 12.4 Å². The molecule has 0 radical (unpaired) electrons. The number of benzene rings is 1. The molecule has 8 heteroatoms. The maximum absolute atomic E-state index is 12.6. The number of hydrogen-bond acceptors (Lipinski definition) is 5. The second kappa shape index (κ2) is 9.62. The Hall–Kier alpha value is -1.77. The zero-order valence-corrected chi connectivity index (χ0v) is 16.0. The van der Waals surface area contributed by atoms with Crippen molar-refractivity contribution in [2.45, 2.75) is 45.1 Å². The van der Waals surface area contributed by atoms with Crippen molar-refractivity contribution >= 4 is 5.91 Å². The van der Waals surface area contributed by atoms with Gasteiger partial charge >= 0.3 is 6.61 Å². The molecule has 3 rings (SSSR count). The lowest BCUT2D eigenvalue weighted by Gasteiger charge is -2.35. The lowest BCUT2D eigenvalue weighted by Crippen LogP contribution is -2.50. The van der Waals surface area contributed by atoms with Crippen molar-refractivity contribution < 1.29 is 28.2 Å². The van der Waals surface area contributed by atoms with Crippen molar-refractivity contribution in [3.63, 3.8) is 0 Å². The van der Waals surface area contributed by atoms with Gasteiger partial charge in [-0.2, -0.15) is 8.78 Å². The van der Waals surface area contributed by atoms with Crippen LogP contribution in [0, 0.1) is 11.8 Å². The summed E-state index contributed by atoms with van der Waals surface area (Å²) in [6, 6.07) is 6.56. The van der Waals surface area contributed by atoms with E-state index in [1.807, 2.05) is 13.0 Å². The average molecular weight is 398 g/mol. The number of rotatable bonds is 8. The van der Waals surface area contributed by atoms with E-state index in [2.05, 4.69) is 15.0 Å². The Bertz CT molecular complexity index is 661. The fourth-order valence-electron chi connectivity index (χ4n) is 4.34. The van der Waals surface area contributed by atoms with Gasteiger partial charge < -0.3 is 19.9 Å². The predicted molar refractivity (Wildman–Crippen MR) is 99.0 cm³/mol. The molecule has 1 aromatic rings. The van der Waals surface area contributed by atoms with Crippen LogP contribution in [0.4, 0.5) is 8.78 Å². The standard InChI is InChI=1S/C20H28F2N2O4/c1-2-27-12-19(26)23-16-7-14-10-24(11-15(14)8-17(16)25)9-13-5-3-4-6-18(13)28-20(21)22/h3-6,14-17,20,25H,2,7-12H2,1H3,(H,23,26)/t14-,15+,16-,17-/m0/s1. The third-order valence-corrected chi connectivity index (χ3v) is 5.58. The predicted octanol–water partition coefficient (Wildman–Crippen LogP) is 2.01. The molecular formula is C20H28F2N2O4. The number of halogens is 2. The van der Waals surface area contributed by atoms with E-state index in [0.29, 0.717) is 37.8 Å². The molecule has 2 aliphatic rings. The minimum Gasteiger partial charge on any atom is -0.434 e. The van der Waals surface area contributed by atoms with E-state index in [4.69, 9.17) is 4.74 Å². The van der Waals surface area contributed by atoms with E-state index >= 15 is 0 Å². The number of carbonyl (C=O) groups excluding carboxylic acids is 1. The first-order valence-electron chi connectivity index (χ1n) is 9.76. The largest absolute Gasteiger partial charge is 0.434 e. The molecule has 2 N–H and O–H groups in total. The molecule has 1 saturated carbocycles. The molecule has 2 fully saturated rings. The molecule has 6 nitrogen and oxygen atoms in total. The number of carbonyl (C=O) groups is 1. The smallest absolute Gasteiger partial charge is 0.387 e. The van der Waals surface area contributed by atoms with E-state index in [1.165, 1.54) is 0 Å². The van der Waals surface area contributed by atoms with E-state index in [9.17, 15) is 18.7 Å². The van der Waals surface area contributed by atoms with Gasteiger partial charge in [-0.3, -0.25) is 9.69 Å². The van der Waals surface area contributed by atoms with Crippen LogP contribution in [0.15, 0.2) is 24.3 Å². The summed E-state index contributed by atoms with van der Waals surface area (Å²) in [6.45, 7) is 1.57. The monoisotopic (exact) mass is 398 g/mol. The van der Waals surface area contributed by atoms with Crippen molar-refractivity contribution in [2.75, 3.05) is 26.3 Å². The maximum Gasteiger partial charge on any atom is 0.387 e. The van der Waals surface area contributed by atoms with Crippen molar-refractivity contribution in [3.8, 4) is 5.75 Å². The molecule has 1 saturated heterocycles. The Balaban J connectivity index is 1.57. The summed E-state index contributed by atoms with van der Waals surface area (Å²) in [6.07, 6.45) is 0.743. The number of ether oxygens (including phenoxy) is 2.